The maximum absolute atomic E-state index is 11.9. The van der Waals surface area contributed by atoms with Crippen LogP contribution in [0.5, 0.6) is 0 Å². The van der Waals surface area contributed by atoms with E-state index < -0.39 is 0 Å². The Morgan fingerprint density at radius 1 is 1.37 bits per heavy atom. The Labute approximate surface area is 110 Å². The van der Waals surface area contributed by atoms with E-state index in [0.29, 0.717) is 12.0 Å². The van der Waals surface area contributed by atoms with Crippen molar-refractivity contribution in [3.05, 3.63) is 40.2 Å². The number of esters is 1. The summed E-state index contributed by atoms with van der Waals surface area (Å²) in [6.45, 7) is 4.05. The number of benzene rings is 1. The van der Waals surface area contributed by atoms with Gasteiger partial charge in [-0.15, -0.1) is 0 Å². The number of hydrogen-bond acceptors (Lipinski definition) is 4. The molecule has 2 rings (SSSR count). The van der Waals surface area contributed by atoms with Crippen LogP contribution in [0.1, 0.15) is 12.6 Å². The van der Waals surface area contributed by atoms with Crippen LogP contribution in [-0.2, 0) is 9.53 Å². The molecule has 2 aromatic rings. The quantitative estimate of drug-likeness (QED) is 0.822. The first-order valence-corrected chi connectivity index (χ1v) is 6.13. The van der Waals surface area contributed by atoms with Crippen LogP contribution >= 0.6 is 0 Å². The normalized spacial score (nSPS) is 10.4. The molecule has 0 radical (unpaired) electrons. The van der Waals surface area contributed by atoms with Gasteiger partial charge in [0.25, 0.3) is 0 Å². The zero-order valence-corrected chi connectivity index (χ0v) is 10.9. The van der Waals surface area contributed by atoms with Crippen LogP contribution in [-0.4, -0.2) is 24.1 Å². The molecule has 19 heavy (non-hydrogen) atoms. The minimum atomic E-state index is -0.319. The predicted octanol–water partition coefficient (Wildman–Crippen LogP) is 1.81. The number of rotatable bonds is 4. The van der Waals surface area contributed by atoms with Crippen molar-refractivity contribution < 1.29 is 9.53 Å². The van der Waals surface area contributed by atoms with E-state index >= 15 is 0 Å². The van der Waals surface area contributed by atoms with Gasteiger partial charge in [-0.25, -0.2) is 0 Å². The van der Waals surface area contributed by atoms with Gasteiger partial charge in [-0.2, -0.15) is 0 Å². The number of carbonyl (C=O) groups is 1. The summed E-state index contributed by atoms with van der Waals surface area (Å²) in [4.78, 5) is 26.2. The van der Waals surface area contributed by atoms with E-state index in [9.17, 15) is 9.59 Å². The predicted molar refractivity (Wildman–Crippen MR) is 74.4 cm³/mol. The van der Waals surface area contributed by atoms with Crippen LogP contribution < -0.4 is 10.7 Å². The topological polar surface area (TPSA) is 71.2 Å². The van der Waals surface area contributed by atoms with Crippen molar-refractivity contribution in [2.75, 3.05) is 18.5 Å². The largest absolute Gasteiger partial charge is 0.465 e. The number of H-pyrrole nitrogens is 1. The molecule has 5 heteroatoms. The third kappa shape index (κ3) is 3.13. The average Bonchev–Trinajstić information content (AvgIpc) is 2.37. The summed E-state index contributed by atoms with van der Waals surface area (Å²) in [6, 6.07) is 6.92. The summed E-state index contributed by atoms with van der Waals surface area (Å²) in [5.41, 5.74) is 2.29. The van der Waals surface area contributed by atoms with E-state index in [0.717, 1.165) is 16.9 Å². The molecule has 2 N–H and O–H groups in total. The van der Waals surface area contributed by atoms with Crippen LogP contribution in [0.15, 0.2) is 29.1 Å². The number of carbonyl (C=O) groups excluding carboxylic acids is 1. The molecule has 1 aromatic carbocycles. The van der Waals surface area contributed by atoms with E-state index in [1.165, 1.54) is 0 Å². The summed E-state index contributed by atoms with van der Waals surface area (Å²) in [5, 5.41) is 3.53. The Hall–Kier alpha value is -2.30. The van der Waals surface area contributed by atoms with E-state index in [-0.39, 0.29) is 17.9 Å². The Kier molecular flexibility index (Phi) is 3.85. The van der Waals surface area contributed by atoms with Crippen LogP contribution in [0.2, 0.25) is 0 Å². The summed E-state index contributed by atoms with van der Waals surface area (Å²) in [7, 11) is 0. The Bertz CT molecular complexity index is 661. The minimum absolute atomic E-state index is 0.0361. The van der Waals surface area contributed by atoms with Crippen LogP contribution in [0.4, 0.5) is 5.69 Å². The second-order valence-corrected chi connectivity index (χ2v) is 4.24. The smallest absolute Gasteiger partial charge is 0.325 e. The van der Waals surface area contributed by atoms with Gasteiger partial charge < -0.3 is 15.0 Å². The van der Waals surface area contributed by atoms with E-state index in [1.807, 2.05) is 19.1 Å². The number of fused-ring (bicyclic) bond motifs is 1. The second kappa shape index (κ2) is 5.56. The third-order valence-corrected chi connectivity index (χ3v) is 2.71. The van der Waals surface area contributed by atoms with Gasteiger partial charge in [0.1, 0.15) is 6.54 Å². The van der Waals surface area contributed by atoms with Gasteiger partial charge >= 0.3 is 5.97 Å². The standard InChI is InChI=1S/C14H16N2O3/c1-3-19-14(18)8-15-10-4-5-12-11(7-10)13(17)6-9(2)16-12/h4-7,15H,3,8H2,1-2H3,(H,16,17). The van der Waals surface area contributed by atoms with E-state index in [1.54, 1.807) is 19.1 Å². The van der Waals surface area contributed by atoms with E-state index in [4.69, 9.17) is 4.74 Å². The average molecular weight is 260 g/mol. The number of nitrogens with one attached hydrogen (secondary N) is 2. The highest BCUT2D eigenvalue weighted by molar-refractivity contribution is 5.83. The lowest BCUT2D eigenvalue weighted by molar-refractivity contribution is -0.140. The molecule has 0 aliphatic rings. The third-order valence-electron chi connectivity index (χ3n) is 2.71. The fourth-order valence-electron chi connectivity index (χ4n) is 1.88. The first-order valence-electron chi connectivity index (χ1n) is 6.13. The lowest BCUT2D eigenvalue weighted by Crippen LogP contribution is -2.16. The van der Waals surface area contributed by atoms with Crippen LogP contribution in [0.25, 0.3) is 10.9 Å². The van der Waals surface area contributed by atoms with Crippen molar-refractivity contribution in [2.45, 2.75) is 13.8 Å². The van der Waals surface area contributed by atoms with Crippen molar-refractivity contribution in [3.63, 3.8) is 0 Å². The SMILES string of the molecule is CCOC(=O)CNc1ccc2[nH]c(C)cc(=O)c2c1. The van der Waals surface area contributed by atoms with Gasteiger partial charge in [-0.05, 0) is 32.0 Å². The molecule has 5 nitrogen and oxygen atoms in total. The number of aromatic amines is 1. The van der Waals surface area contributed by atoms with Gasteiger partial charge in [0.2, 0.25) is 0 Å². The highest BCUT2D eigenvalue weighted by Crippen LogP contribution is 2.14. The molecule has 0 amide bonds. The first-order chi connectivity index (χ1) is 9.10. The number of aromatic nitrogens is 1. The minimum Gasteiger partial charge on any atom is -0.465 e. The highest BCUT2D eigenvalue weighted by atomic mass is 16.5. The fraction of sp³-hybridized carbons (Fsp3) is 0.286. The number of aryl methyl sites for hydroxylation is 1. The zero-order chi connectivity index (χ0) is 13.8. The molecular formula is C14H16N2O3. The van der Waals surface area contributed by atoms with Crippen LogP contribution in [0, 0.1) is 6.92 Å². The van der Waals surface area contributed by atoms with Crippen molar-refractivity contribution in [1.29, 1.82) is 0 Å². The number of anilines is 1. The molecule has 1 aromatic heterocycles. The van der Waals surface area contributed by atoms with Gasteiger partial charge in [0.15, 0.2) is 5.43 Å². The maximum atomic E-state index is 11.9. The lowest BCUT2D eigenvalue weighted by Gasteiger charge is -2.07. The molecule has 0 spiro atoms. The molecule has 0 aliphatic heterocycles. The first kappa shape index (κ1) is 13.1. The molecule has 1 heterocycles. The van der Waals surface area contributed by atoms with Crippen molar-refractivity contribution in [3.8, 4) is 0 Å². The molecular weight excluding hydrogens is 244 g/mol. The van der Waals surface area contributed by atoms with Crippen molar-refractivity contribution in [1.82, 2.24) is 4.98 Å². The van der Waals surface area contributed by atoms with Crippen molar-refractivity contribution >= 4 is 22.6 Å². The molecule has 0 bridgehead atoms. The maximum Gasteiger partial charge on any atom is 0.325 e. The monoisotopic (exact) mass is 260 g/mol. The Balaban J connectivity index is 2.22. The molecule has 0 atom stereocenters. The summed E-state index contributed by atoms with van der Waals surface area (Å²) < 4.78 is 4.82. The number of hydrogen-bond donors (Lipinski definition) is 2. The zero-order valence-electron chi connectivity index (χ0n) is 10.9. The second-order valence-electron chi connectivity index (χ2n) is 4.24. The van der Waals surface area contributed by atoms with Gasteiger partial charge in [-0.3, -0.25) is 9.59 Å². The molecule has 0 unspecified atom stereocenters. The van der Waals surface area contributed by atoms with Gasteiger partial charge in [0.05, 0.1) is 6.61 Å². The summed E-state index contributed by atoms with van der Waals surface area (Å²) >= 11 is 0. The molecule has 100 valence electrons. The Morgan fingerprint density at radius 3 is 2.89 bits per heavy atom. The van der Waals surface area contributed by atoms with Crippen LogP contribution in [0.3, 0.4) is 0 Å². The number of ether oxygens (including phenoxy) is 1. The van der Waals surface area contributed by atoms with Gasteiger partial charge in [-0.1, -0.05) is 0 Å². The molecule has 0 aliphatic carbocycles. The number of pyridine rings is 1. The molecule has 0 saturated heterocycles. The summed E-state index contributed by atoms with van der Waals surface area (Å²) in [5.74, 6) is -0.319. The highest BCUT2D eigenvalue weighted by Gasteiger charge is 2.04. The Morgan fingerprint density at radius 2 is 2.16 bits per heavy atom. The van der Waals surface area contributed by atoms with E-state index in [2.05, 4.69) is 10.3 Å². The molecule has 0 saturated carbocycles. The van der Waals surface area contributed by atoms with Crippen molar-refractivity contribution in [2.24, 2.45) is 0 Å². The molecule has 0 fully saturated rings. The fourth-order valence-corrected chi connectivity index (χ4v) is 1.88. The summed E-state index contributed by atoms with van der Waals surface area (Å²) in [6.07, 6.45) is 0. The lowest BCUT2D eigenvalue weighted by atomic mass is 10.1. The van der Waals surface area contributed by atoms with Gasteiger partial charge in [0, 0.05) is 28.4 Å².